The van der Waals surface area contributed by atoms with Gasteiger partial charge in [0.2, 0.25) is 23.6 Å². The van der Waals surface area contributed by atoms with Crippen LogP contribution >= 0.6 is 0 Å². The molecule has 10 heteroatoms. The van der Waals surface area contributed by atoms with Gasteiger partial charge >= 0.3 is 0 Å². The molecule has 0 saturated heterocycles. The zero-order valence-corrected chi connectivity index (χ0v) is 12.0. The van der Waals surface area contributed by atoms with E-state index >= 15 is 0 Å². The van der Waals surface area contributed by atoms with E-state index in [2.05, 4.69) is 26.8 Å². The topological polar surface area (TPSA) is 154 Å². The minimum Gasteiger partial charge on any atom is -0.354 e. The smallest absolute Gasteiger partial charge is 0.239 e. The molecule has 21 heavy (non-hydrogen) atoms. The summed E-state index contributed by atoms with van der Waals surface area (Å²) < 4.78 is 0. The number of nitrogens with one attached hydrogen (secondary N) is 5. The Kier molecular flexibility index (Phi) is 10.4. The van der Waals surface area contributed by atoms with Crippen LogP contribution in [-0.4, -0.2) is 56.4 Å². The third kappa shape index (κ3) is 11.3. The van der Waals surface area contributed by atoms with Crippen molar-refractivity contribution in [1.29, 1.82) is 0 Å². The molecule has 0 unspecified atom stereocenters. The molecule has 0 aliphatic carbocycles. The number of hydrogen-bond acceptors (Lipinski definition) is 6. The summed E-state index contributed by atoms with van der Waals surface area (Å²) in [6.45, 7) is 1.92. The van der Waals surface area contributed by atoms with Gasteiger partial charge in [-0.25, -0.2) is 5.43 Å². The van der Waals surface area contributed by atoms with Gasteiger partial charge in [0, 0.05) is 19.5 Å². The first-order valence-electron chi connectivity index (χ1n) is 6.51. The van der Waals surface area contributed by atoms with Gasteiger partial charge < -0.3 is 21.7 Å². The van der Waals surface area contributed by atoms with Crippen molar-refractivity contribution in [3.63, 3.8) is 0 Å². The highest BCUT2D eigenvalue weighted by atomic mass is 16.2. The fraction of sp³-hybridized carbons (Fsp3) is 0.636. The lowest BCUT2D eigenvalue weighted by molar-refractivity contribution is -0.127. The summed E-state index contributed by atoms with van der Waals surface area (Å²) >= 11 is 0. The van der Waals surface area contributed by atoms with E-state index in [1.807, 2.05) is 6.92 Å². The first kappa shape index (κ1) is 18.8. The molecule has 10 nitrogen and oxygen atoms in total. The molecule has 0 atom stereocenters. The summed E-state index contributed by atoms with van der Waals surface area (Å²) in [5.41, 5.74) is 10.1. The van der Waals surface area contributed by atoms with E-state index in [1.54, 1.807) is 0 Å². The van der Waals surface area contributed by atoms with Gasteiger partial charge in [-0.05, 0) is 0 Å². The molecule has 0 heterocycles. The van der Waals surface area contributed by atoms with Gasteiger partial charge in [-0.15, -0.1) is 0 Å². The Bertz CT molecular complexity index is 374. The molecular formula is C11H22N6O4. The van der Waals surface area contributed by atoms with Crippen LogP contribution in [0.4, 0.5) is 0 Å². The van der Waals surface area contributed by atoms with Crippen molar-refractivity contribution in [2.24, 2.45) is 5.73 Å². The monoisotopic (exact) mass is 302 g/mol. The molecule has 4 amide bonds. The molecule has 0 fully saturated rings. The van der Waals surface area contributed by atoms with Crippen molar-refractivity contribution in [1.82, 2.24) is 26.8 Å². The number of rotatable bonds is 10. The molecule has 0 aromatic rings. The second-order valence-electron chi connectivity index (χ2n) is 3.94. The number of hydrogen-bond donors (Lipinski definition) is 6. The van der Waals surface area contributed by atoms with Crippen molar-refractivity contribution in [2.45, 2.75) is 13.3 Å². The van der Waals surface area contributed by atoms with Gasteiger partial charge in [-0.2, -0.15) is 0 Å². The summed E-state index contributed by atoms with van der Waals surface area (Å²) in [7, 11) is 0. The molecule has 0 rings (SSSR count). The molecule has 0 saturated carbocycles. The minimum absolute atomic E-state index is 0.124. The second kappa shape index (κ2) is 11.6. The maximum atomic E-state index is 11.4. The van der Waals surface area contributed by atoms with Gasteiger partial charge in [0.25, 0.3) is 0 Å². The lowest BCUT2D eigenvalue weighted by Gasteiger charge is -2.08. The van der Waals surface area contributed by atoms with Crippen LogP contribution in [-0.2, 0) is 19.2 Å². The van der Waals surface area contributed by atoms with Crippen LogP contribution in [0.1, 0.15) is 13.3 Å². The number of carbonyl (C=O) groups excluding carboxylic acids is 4. The van der Waals surface area contributed by atoms with Gasteiger partial charge in [0.1, 0.15) is 0 Å². The second-order valence-corrected chi connectivity index (χ2v) is 3.94. The molecule has 0 aromatic heterocycles. The Labute approximate surface area is 122 Å². The Morgan fingerprint density at radius 1 is 0.857 bits per heavy atom. The van der Waals surface area contributed by atoms with Crippen LogP contribution in [0.2, 0.25) is 0 Å². The zero-order valence-electron chi connectivity index (χ0n) is 12.0. The van der Waals surface area contributed by atoms with Gasteiger partial charge in [-0.3, -0.25) is 24.6 Å². The largest absolute Gasteiger partial charge is 0.354 e. The molecule has 0 bridgehead atoms. The van der Waals surface area contributed by atoms with Crippen molar-refractivity contribution in [2.75, 3.05) is 32.7 Å². The average molecular weight is 302 g/mol. The maximum absolute atomic E-state index is 11.4. The molecule has 120 valence electrons. The lowest BCUT2D eigenvalue weighted by atomic mass is 10.4. The van der Waals surface area contributed by atoms with Gasteiger partial charge in [0.15, 0.2) is 0 Å². The fourth-order valence-corrected chi connectivity index (χ4v) is 1.12. The van der Waals surface area contributed by atoms with Gasteiger partial charge in [-0.1, -0.05) is 6.92 Å². The molecule has 7 N–H and O–H groups in total. The Balaban J connectivity index is 3.64. The van der Waals surface area contributed by atoms with Crippen LogP contribution in [0.5, 0.6) is 0 Å². The van der Waals surface area contributed by atoms with Gasteiger partial charge in [0.05, 0.1) is 19.6 Å². The van der Waals surface area contributed by atoms with Crippen LogP contribution < -0.4 is 32.5 Å². The van der Waals surface area contributed by atoms with E-state index in [-0.39, 0.29) is 38.5 Å². The van der Waals surface area contributed by atoms with E-state index in [4.69, 9.17) is 5.73 Å². The highest BCUT2D eigenvalue weighted by Crippen LogP contribution is 1.76. The fourth-order valence-electron chi connectivity index (χ4n) is 1.12. The quantitative estimate of drug-likeness (QED) is 0.228. The lowest BCUT2D eigenvalue weighted by Crippen LogP contribution is -2.44. The Morgan fingerprint density at radius 2 is 1.43 bits per heavy atom. The first-order chi connectivity index (χ1) is 9.99. The van der Waals surface area contributed by atoms with Crippen molar-refractivity contribution in [3.05, 3.63) is 0 Å². The molecule has 0 aromatic carbocycles. The van der Waals surface area contributed by atoms with Crippen molar-refractivity contribution < 1.29 is 19.2 Å². The zero-order chi connectivity index (χ0) is 16.1. The minimum atomic E-state index is -0.503. The number of amides is 4. The van der Waals surface area contributed by atoms with E-state index < -0.39 is 17.7 Å². The third-order valence-electron chi connectivity index (χ3n) is 2.16. The number of carbonyl (C=O) groups is 4. The third-order valence-corrected chi connectivity index (χ3v) is 2.16. The number of nitrogens with two attached hydrogens (primary N) is 1. The van der Waals surface area contributed by atoms with Crippen LogP contribution in [0.3, 0.4) is 0 Å². The highest BCUT2D eigenvalue weighted by molar-refractivity contribution is 5.88. The van der Waals surface area contributed by atoms with Crippen molar-refractivity contribution >= 4 is 23.6 Å². The predicted octanol–water partition coefficient (Wildman–Crippen LogP) is -3.68. The molecule has 0 aliphatic rings. The summed E-state index contributed by atoms with van der Waals surface area (Å²) in [5, 5.41) is 7.05. The Morgan fingerprint density at radius 3 is 2.00 bits per heavy atom. The SMILES string of the molecule is CCNNC(=O)CCNC(=O)CNC(=O)CNC(=O)CN. The van der Waals surface area contributed by atoms with Crippen LogP contribution in [0.15, 0.2) is 0 Å². The first-order valence-corrected chi connectivity index (χ1v) is 6.51. The standard InChI is InChI=1S/C11H22N6O4/c1-2-16-17-8(18)3-4-13-10(20)6-15-11(21)7-14-9(19)5-12/h16H,2-7,12H2,1H3,(H,13,20)(H,14,19)(H,15,21)(H,17,18). The summed E-state index contributed by atoms with van der Waals surface area (Å²) in [4.78, 5) is 44.6. The van der Waals surface area contributed by atoms with E-state index in [0.717, 1.165) is 0 Å². The summed E-state index contributed by atoms with van der Waals surface area (Å²) in [6.07, 6.45) is 0.124. The van der Waals surface area contributed by atoms with Crippen LogP contribution in [0, 0.1) is 0 Å². The molecular weight excluding hydrogens is 280 g/mol. The normalized spacial score (nSPS) is 9.62. The highest BCUT2D eigenvalue weighted by Gasteiger charge is 2.07. The average Bonchev–Trinajstić information content (AvgIpc) is 2.48. The van der Waals surface area contributed by atoms with E-state index in [9.17, 15) is 19.2 Å². The van der Waals surface area contributed by atoms with Crippen molar-refractivity contribution in [3.8, 4) is 0 Å². The maximum Gasteiger partial charge on any atom is 0.239 e. The molecule has 0 aliphatic heterocycles. The number of hydrazine groups is 1. The molecule has 0 radical (unpaired) electrons. The van der Waals surface area contributed by atoms with E-state index in [1.165, 1.54) is 0 Å². The van der Waals surface area contributed by atoms with Crippen LogP contribution in [0.25, 0.3) is 0 Å². The van der Waals surface area contributed by atoms with E-state index in [0.29, 0.717) is 6.54 Å². The predicted molar refractivity (Wildman–Crippen MR) is 74.5 cm³/mol. The summed E-state index contributed by atoms with van der Waals surface area (Å²) in [6, 6.07) is 0. The summed E-state index contributed by atoms with van der Waals surface area (Å²) in [5.74, 6) is -1.63. The Hall–Kier alpha value is -2.20. The molecule has 0 spiro atoms.